The molecule has 0 aliphatic heterocycles. The van der Waals surface area contributed by atoms with E-state index >= 15 is 0 Å². The predicted molar refractivity (Wildman–Crippen MR) is 80.5 cm³/mol. The molecule has 1 aromatic carbocycles. The van der Waals surface area contributed by atoms with Crippen LogP contribution >= 0.6 is 15.9 Å². The molecule has 1 fully saturated rings. The Hall–Kier alpha value is -0.580. The van der Waals surface area contributed by atoms with E-state index in [1.54, 1.807) is 7.11 Å². The van der Waals surface area contributed by atoms with Crippen LogP contribution in [0.5, 0.6) is 5.75 Å². The molecule has 1 aliphatic rings. The summed E-state index contributed by atoms with van der Waals surface area (Å²) < 4.78 is 6.22. The van der Waals surface area contributed by atoms with Gasteiger partial charge in [-0.2, -0.15) is 0 Å². The van der Waals surface area contributed by atoms with Gasteiger partial charge >= 0.3 is 0 Å². The van der Waals surface area contributed by atoms with Crippen LogP contribution in [0.3, 0.4) is 0 Å². The number of benzene rings is 1. The van der Waals surface area contributed by atoms with Gasteiger partial charge in [0.05, 0.1) is 11.6 Å². The molecular formula is C15H22BrNO2. The Labute approximate surface area is 123 Å². The zero-order valence-corrected chi connectivity index (χ0v) is 13.2. The number of hydrogen-bond acceptors (Lipinski definition) is 3. The van der Waals surface area contributed by atoms with Gasteiger partial charge in [0.2, 0.25) is 0 Å². The Morgan fingerprint density at radius 3 is 2.74 bits per heavy atom. The summed E-state index contributed by atoms with van der Waals surface area (Å²) in [5.74, 6) is 0.856. The molecule has 0 radical (unpaired) electrons. The summed E-state index contributed by atoms with van der Waals surface area (Å²) in [6.45, 7) is 3.45. The Kier molecular flexibility index (Phi) is 4.87. The standard InChI is InChI=1S/C15H22BrNO2/c1-11(17-10-15(5-6-15)7-8-18)12-3-4-14(19-2)13(16)9-12/h3-4,9,11,17-18H,5-8,10H2,1-2H3. The summed E-state index contributed by atoms with van der Waals surface area (Å²) in [7, 11) is 1.67. The molecular weight excluding hydrogens is 306 g/mol. The third-order valence-electron chi connectivity index (χ3n) is 4.06. The largest absolute Gasteiger partial charge is 0.496 e. The average molecular weight is 328 g/mol. The predicted octanol–water partition coefficient (Wildman–Crippen LogP) is 3.27. The quantitative estimate of drug-likeness (QED) is 0.807. The molecule has 0 bridgehead atoms. The molecule has 2 rings (SSSR count). The number of methoxy groups -OCH3 is 1. The lowest BCUT2D eigenvalue weighted by molar-refractivity contribution is 0.243. The van der Waals surface area contributed by atoms with E-state index < -0.39 is 0 Å². The molecule has 1 unspecified atom stereocenters. The second-order valence-electron chi connectivity index (χ2n) is 5.47. The van der Waals surface area contributed by atoms with Gasteiger partial charge in [-0.25, -0.2) is 0 Å². The fourth-order valence-corrected chi connectivity index (χ4v) is 2.93. The highest BCUT2D eigenvalue weighted by Gasteiger charge is 2.41. The maximum Gasteiger partial charge on any atom is 0.133 e. The minimum atomic E-state index is 0.296. The minimum Gasteiger partial charge on any atom is -0.496 e. The SMILES string of the molecule is COc1ccc(C(C)NCC2(CCO)CC2)cc1Br. The molecule has 3 nitrogen and oxygen atoms in total. The number of rotatable bonds is 7. The van der Waals surface area contributed by atoms with Gasteiger partial charge in [0, 0.05) is 19.2 Å². The van der Waals surface area contributed by atoms with Crippen molar-refractivity contribution in [3.05, 3.63) is 28.2 Å². The summed E-state index contributed by atoms with van der Waals surface area (Å²) in [5.41, 5.74) is 1.60. The summed E-state index contributed by atoms with van der Waals surface area (Å²) in [6.07, 6.45) is 3.39. The van der Waals surface area contributed by atoms with Crippen molar-refractivity contribution in [1.82, 2.24) is 5.32 Å². The van der Waals surface area contributed by atoms with Crippen molar-refractivity contribution < 1.29 is 9.84 Å². The van der Waals surface area contributed by atoms with Gasteiger partial charge in [-0.1, -0.05) is 6.07 Å². The fraction of sp³-hybridized carbons (Fsp3) is 0.600. The summed E-state index contributed by atoms with van der Waals surface area (Å²) in [5, 5.41) is 12.6. The molecule has 0 saturated heterocycles. The van der Waals surface area contributed by atoms with Gasteiger partial charge in [-0.3, -0.25) is 0 Å². The Bertz CT molecular complexity index is 432. The van der Waals surface area contributed by atoms with Crippen LogP contribution in [0.2, 0.25) is 0 Å². The maximum atomic E-state index is 9.07. The monoisotopic (exact) mass is 327 g/mol. The van der Waals surface area contributed by atoms with Gasteiger partial charge in [0.15, 0.2) is 0 Å². The summed E-state index contributed by atoms with van der Waals surface area (Å²) in [6, 6.07) is 6.48. The molecule has 19 heavy (non-hydrogen) atoms. The van der Waals surface area contributed by atoms with Crippen LogP contribution in [0.15, 0.2) is 22.7 Å². The van der Waals surface area contributed by atoms with E-state index in [1.165, 1.54) is 18.4 Å². The first-order valence-electron chi connectivity index (χ1n) is 6.78. The molecule has 1 saturated carbocycles. The number of halogens is 1. The minimum absolute atomic E-state index is 0.296. The van der Waals surface area contributed by atoms with Crippen LogP contribution in [0.4, 0.5) is 0 Å². The number of aliphatic hydroxyl groups excluding tert-OH is 1. The van der Waals surface area contributed by atoms with Crippen LogP contribution in [-0.4, -0.2) is 25.4 Å². The van der Waals surface area contributed by atoms with Gasteiger partial charge < -0.3 is 15.2 Å². The molecule has 4 heteroatoms. The first-order valence-corrected chi connectivity index (χ1v) is 7.57. The second kappa shape index (κ2) is 6.25. The molecule has 1 aromatic rings. The van der Waals surface area contributed by atoms with E-state index in [-0.39, 0.29) is 0 Å². The van der Waals surface area contributed by atoms with E-state index in [0.717, 1.165) is 23.2 Å². The van der Waals surface area contributed by atoms with Crippen LogP contribution in [0.25, 0.3) is 0 Å². The van der Waals surface area contributed by atoms with Gasteiger partial charge in [0.25, 0.3) is 0 Å². The molecule has 0 amide bonds. The Morgan fingerprint density at radius 1 is 1.47 bits per heavy atom. The van der Waals surface area contributed by atoms with E-state index in [4.69, 9.17) is 9.84 Å². The average Bonchev–Trinajstić information content (AvgIpc) is 3.16. The van der Waals surface area contributed by atoms with E-state index in [1.807, 2.05) is 6.07 Å². The lowest BCUT2D eigenvalue weighted by Gasteiger charge is -2.20. The normalized spacial score (nSPS) is 18.1. The molecule has 2 N–H and O–H groups in total. The lowest BCUT2D eigenvalue weighted by Crippen LogP contribution is -2.27. The summed E-state index contributed by atoms with van der Waals surface area (Å²) >= 11 is 3.52. The smallest absolute Gasteiger partial charge is 0.133 e. The van der Waals surface area contributed by atoms with E-state index in [9.17, 15) is 0 Å². The van der Waals surface area contributed by atoms with Gasteiger partial charge in [0.1, 0.15) is 5.75 Å². The summed E-state index contributed by atoms with van der Waals surface area (Å²) in [4.78, 5) is 0. The van der Waals surface area contributed by atoms with Gasteiger partial charge in [-0.15, -0.1) is 0 Å². The van der Waals surface area contributed by atoms with Crippen molar-refractivity contribution in [2.24, 2.45) is 5.41 Å². The molecule has 1 atom stereocenters. The molecule has 0 aromatic heterocycles. The third-order valence-corrected chi connectivity index (χ3v) is 4.68. The highest BCUT2D eigenvalue weighted by Crippen LogP contribution is 2.48. The highest BCUT2D eigenvalue weighted by atomic mass is 79.9. The first-order chi connectivity index (χ1) is 9.10. The van der Waals surface area contributed by atoms with Crippen molar-refractivity contribution in [2.45, 2.75) is 32.2 Å². The van der Waals surface area contributed by atoms with Crippen molar-refractivity contribution in [3.8, 4) is 5.75 Å². The van der Waals surface area contributed by atoms with Crippen LogP contribution < -0.4 is 10.1 Å². The van der Waals surface area contributed by atoms with Crippen molar-refractivity contribution in [3.63, 3.8) is 0 Å². The van der Waals surface area contributed by atoms with Crippen molar-refractivity contribution in [1.29, 1.82) is 0 Å². The van der Waals surface area contributed by atoms with Crippen molar-refractivity contribution in [2.75, 3.05) is 20.3 Å². The zero-order chi connectivity index (χ0) is 13.9. The van der Waals surface area contributed by atoms with Gasteiger partial charge in [-0.05, 0) is 65.2 Å². The van der Waals surface area contributed by atoms with Crippen molar-refractivity contribution >= 4 is 15.9 Å². The topological polar surface area (TPSA) is 41.5 Å². The number of nitrogens with one attached hydrogen (secondary N) is 1. The number of ether oxygens (including phenoxy) is 1. The lowest BCUT2D eigenvalue weighted by atomic mass is 10.0. The maximum absolute atomic E-state index is 9.07. The molecule has 106 valence electrons. The zero-order valence-electron chi connectivity index (χ0n) is 11.6. The fourth-order valence-electron chi connectivity index (χ4n) is 2.37. The Morgan fingerprint density at radius 2 is 2.21 bits per heavy atom. The van der Waals surface area contributed by atoms with E-state index in [2.05, 4.69) is 40.3 Å². The van der Waals surface area contributed by atoms with Crippen LogP contribution in [0, 0.1) is 5.41 Å². The second-order valence-corrected chi connectivity index (χ2v) is 6.32. The first kappa shape index (κ1) is 14.8. The van der Waals surface area contributed by atoms with E-state index in [0.29, 0.717) is 18.1 Å². The number of aliphatic hydroxyl groups is 1. The third kappa shape index (κ3) is 3.71. The number of hydrogen-bond donors (Lipinski definition) is 2. The molecule has 0 heterocycles. The molecule has 0 spiro atoms. The highest BCUT2D eigenvalue weighted by molar-refractivity contribution is 9.10. The Balaban J connectivity index is 1.93. The molecule has 1 aliphatic carbocycles. The van der Waals surface area contributed by atoms with Crippen LogP contribution in [0.1, 0.15) is 37.8 Å². The van der Waals surface area contributed by atoms with Crippen LogP contribution in [-0.2, 0) is 0 Å².